The largest absolute Gasteiger partial charge is 0.392 e. The molecule has 1 fully saturated rings. The van der Waals surface area contributed by atoms with E-state index in [1.165, 1.54) is 0 Å². The van der Waals surface area contributed by atoms with E-state index in [0.717, 1.165) is 19.3 Å². The Hall–Kier alpha value is -0.810. The smallest absolute Gasteiger partial charge is 0.186 e. The van der Waals surface area contributed by atoms with Gasteiger partial charge in [0.2, 0.25) is 0 Å². The Balaban J connectivity index is 2.90. The number of guanidine groups is 1. The normalized spacial score (nSPS) is 33.7. The molecule has 5 heteroatoms. The van der Waals surface area contributed by atoms with E-state index in [1.807, 2.05) is 6.92 Å². The highest BCUT2D eigenvalue weighted by molar-refractivity contribution is 5.75. The van der Waals surface area contributed by atoms with E-state index in [9.17, 15) is 5.11 Å². The molecule has 0 aromatic heterocycles. The molecule has 1 rings (SSSR count). The lowest BCUT2D eigenvalue weighted by atomic mass is 9.81. The second kappa shape index (κ2) is 6.38. The van der Waals surface area contributed by atoms with Crippen molar-refractivity contribution >= 4 is 5.96 Å². The number of hydrogen-bond donors (Lipinski definition) is 4. The van der Waals surface area contributed by atoms with Crippen LogP contribution in [0.1, 0.15) is 40.0 Å². The van der Waals surface area contributed by atoms with Crippen LogP contribution in [0.3, 0.4) is 0 Å². The van der Waals surface area contributed by atoms with Crippen LogP contribution in [-0.2, 0) is 0 Å². The highest BCUT2D eigenvalue weighted by atomic mass is 16.3. The zero-order chi connectivity index (χ0) is 13.9. The number of aliphatic hydroxyl groups excluding tert-OH is 1. The Morgan fingerprint density at radius 1 is 1.33 bits per heavy atom. The fourth-order valence-corrected chi connectivity index (χ4v) is 3.25. The van der Waals surface area contributed by atoms with Crippen molar-refractivity contribution in [3.8, 4) is 0 Å². The molecule has 1 aliphatic rings. The van der Waals surface area contributed by atoms with Gasteiger partial charge in [-0.05, 0) is 18.3 Å². The summed E-state index contributed by atoms with van der Waals surface area (Å²) in [6, 6.07) is -0.0938. The molecule has 5 nitrogen and oxygen atoms in total. The van der Waals surface area contributed by atoms with Gasteiger partial charge in [0.05, 0.1) is 12.1 Å². The SMILES string of the molecule is CCC(CC)C(N)C1C(N=C(N)N)CC(C)C1O. The Kier molecular flexibility index (Phi) is 5.41. The zero-order valence-corrected chi connectivity index (χ0v) is 11.7. The fourth-order valence-electron chi connectivity index (χ4n) is 3.25. The van der Waals surface area contributed by atoms with Crippen LogP contribution in [0.2, 0.25) is 0 Å². The average molecular weight is 256 g/mol. The number of nitrogens with two attached hydrogens (primary N) is 3. The van der Waals surface area contributed by atoms with Crippen molar-refractivity contribution in [3.63, 3.8) is 0 Å². The molecule has 0 aliphatic heterocycles. The summed E-state index contributed by atoms with van der Waals surface area (Å²) < 4.78 is 0. The lowest BCUT2D eigenvalue weighted by Gasteiger charge is -2.32. The van der Waals surface area contributed by atoms with Crippen LogP contribution in [0.25, 0.3) is 0 Å². The van der Waals surface area contributed by atoms with Gasteiger partial charge in [-0.2, -0.15) is 0 Å². The van der Waals surface area contributed by atoms with Crippen LogP contribution in [0.15, 0.2) is 4.99 Å². The van der Waals surface area contributed by atoms with E-state index in [-0.39, 0.29) is 29.9 Å². The van der Waals surface area contributed by atoms with E-state index < -0.39 is 6.10 Å². The van der Waals surface area contributed by atoms with E-state index in [0.29, 0.717) is 5.92 Å². The van der Waals surface area contributed by atoms with Gasteiger partial charge in [0.1, 0.15) is 0 Å². The zero-order valence-electron chi connectivity index (χ0n) is 11.7. The molecule has 0 amide bonds. The van der Waals surface area contributed by atoms with Crippen LogP contribution < -0.4 is 17.2 Å². The van der Waals surface area contributed by atoms with Crippen LogP contribution >= 0.6 is 0 Å². The Labute approximate surface area is 110 Å². The molecule has 0 aromatic rings. The lowest BCUT2D eigenvalue weighted by molar-refractivity contribution is 0.0700. The standard InChI is InChI=1S/C13H28N4O/c1-4-8(5-2)11(14)10-9(17-13(15)16)6-7(3)12(10)18/h7-12,18H,4-6,14H2,1-3H3,(H4,15,16,17). The number of hydrogen-bond acceptors (Lipinski definition) is 3. The molecule has 0 saturated heterocycles. The molecule has 106 valence electrons. The highest BCUT2D eigenvalue weighted by Crippen LogP contribution is 2.38. The molecule has 0 bridgehead atoms. The lowest BCUT2D eigenvalue weighted by Crippen LogP contribution is -2.46. The van der Waals surface area contributed by atoms with E-state index in [1.54, 1.807) is 0 Å². The second-order valence-corrected chi connectivity index (χ2v) is 5.56. The van der Waals surface area contributed by atoms with Gasteiger partial charge in [0.15, 0.2) is 5.96 Å². The summed E-state index contributed by atoms with van der Waals surface area (Å²) in [4.78, 5) is 4.26. The number of aliphatic hydroxyl groups is 1. The first kappa shape index (κ1) is 15.2. The van der Waals surface area contributed by atoms with Gasteiger partial charge >= 0.3 is 0 Å². The summed E-state index contributed by atoms with van der Waals surface area (Å²) in [5.74, 6) is 0.658. The van der Waals surface area contributed by atoms with Gasteiger partial charge in [-0.15, -0.1) is 0 Å². The highest BCUT2D eigenvalue weighted by Gasteiger charge is 2.44. The number of aliphatic imine (C=N–C) groups is 1. The molecule has 7 N–H and O–H groups in total. The van der Waals surface area contributed by atoms with Crippen molar-refractivity contribution in [1.82, 2.24) is 0 Å². The van der Waals surface area contributed by atoms with Crippen molar-refractivity contribution in [2.45, 2.75) is 58.2 Å². The molecule has 1 aliphatic carbocycles. The summed E-state index contributed by atoms with van der Waals surface area (Å²) >= 11 is 0. The third-order valence-electron chi connectivity index (χ3n) is 4.39. The molecule has 0 aromatic carbocycles. The van der Waals surface area contributed by atoms with Gasteiger partial charge in [-0.1, -0.05) is 33.6 Å². The molecule has 1 saturated carbocycles. The first-order valence-electron chi connectivity index (χ1n) is 6.94. The fraction of sp³-hybridized carbons (Fsp3) is 0.923. The summed E-state index contributed by atoms with van der Waals surface area (Å²) in [6.07, 6.45) is 2.43. The maximum Gasteiger partial charge on any atom is 0.186 e. The molecule has 5 atom stereocenters. The molecule has 18 heavy (non-hydrogen) atoms. The molecule has 0 radical (unpaired) electrons. The predicted octanol–water partition coefficient (Wildman–Crippen LogP) is 0.409. The summed E-state index contributed by atoms with van der Waals surface area (Å²) in [5, 5.41) is 10.3. The van der Waals surface area contributed by atoms with Gasteiger partial charge in [-0.25, -0.2) is 4.99 Å². The third-order valence-corrected chi connectivity index (χ3v) is 4.39. The van der Waals surface area contributed by atoms with E-state index in [4.69, 9.17) is 17.2 Å². The van der Waals surface area contributed by atoms with E-state index >= 15 is 0 Å². The molecular weight excluding hydrogens is 228 g/mol. The van der Waals surface area contributed by atoms with Crippen LogP contribution in [0.4, 0.5) is 0 Å². The van der Waals surface area contributed by atoms with Gasteiger partial charge in [0.25, 0.3) is 0 Å². The maximum absolute atomic E-state index is 10.3. The third kappa shape index (κ3) is 3.14. The first-order chi connectivity index (χ1) is 8.42. The molecule has 5 unspecified atom stereocenters. The monoisotopic (exact) mass is 256 g/mol. The molecule has 0 spiro atoms. The Bertz CT molecular complexity index is 287. The van der Waals surface area contributed by atoms with Gasteiger partial charge < -0.3 is 22.3 Å². The Morgan fingerprint density at radius 3 is 2.33 bits per heavy atom. The summed E-state index contributed by atoms with van der Waals surface area (Å²) in [5.41, 5.74) is 17.3. The van der Waals surface area contributed by atoms with Gasteiger partial charge in [-0.3, -0.25) is 0 Å². The summed E-state index contributed by atoms with van der Waals surface area (Å²) in [6.45, 7) is 6.29. The molecular formula is C13H28N4O. The van der Waals surface area contributed by atoms with Crippen molar-refractivity contribution in [1.29, 1.82) is 0 Å². The average Bonchev–Trinajstić information content (AvgIpc) is 2.55. The van der Waals surface area contributed by atoms with Crippen LogP contribution in [-0.4, -0.2) is 29.3 Å². The summed E-state index contributed by atoms with van der Waals surface area (Å²) in [7, 11) is 0. The molecule has 0 heterocycles. The number of rotatable bonds is 5. The first-order valence-corrected chi connectivity index (χ1v) is 6.94. The minimum absolute atomic E-state index is 0.0352. The second-order valence-electron chi connectivity index (χ2n) is 5.56. The van der Waals surface area contributed by atoms with Crippen LogP contribution in [0, 0.1) is 17.8 Å². The maximum atomic E-state index is 10.3. The van der Waals surface area contributed by atoms with Crippen LogP contribution in [0.5, 0.6) is 0 Å². The van der Waals surface area contributed by atoms with Crippen molar-refractivity contribution < 1.29 is 5.11 Å². The minimum Gasteiger partial charge on any atom is -0.392 e. The minimum atomic E-state index is -0.409. The topological polar surface area (TPSA) is 111 Å². The predicted molar refractivity (Wildman–Crippen MR) is 74.9 cm³/mol. The van der Waals surface area contributed by atoms with Crippen molar-refractivity contribution in [2.75, 3.05) is 0 Å². The van der Waals surface area contributed by atoms with Crippen molar-refractivity contribution in [3.05, 3.63) is 0 Å². The van der Waals surface area contributed by atoms with Gasteiger partial charge in [0, 0.05) is 12.0 Å². The van der Waals surface area contributed by atoms with Crippen molar-refractivity contribution in [2.24, 2.45) is 39.9 Å². The Morgan fingerprint density at radius 2 is 1.89 bits per heavy atom. The quantitative estimate of drug-likeness (QED) is 0.421. The number of nitrogens with zero attached hydrogens (tertiary/aromatic N) is 1. The van der Waals surface area contributed by atoms with E-state index in [2.05, 4.69) is 18.8 Å².